The zero-order valence-corrected chi connectivity index (χ0v) is 23.0. The Morgan fingerprint density at radius 1 is 1.00 bits per heavy atom. The molecule has 0 saturated heterocycles. The fraction of sp³-hybridized carbons (Fsp3) is 0.429. The first-order valence-electron chi connectivity index (χ1n) is 12.2. The van der Waals surface area contributed by atoms with Gasteiger partial charge >= 0.3 is 12.1 Å². The van der Waals surface area contributed by atoms with Crippen LogP contribution in [-0.2, 0) is 30.3 Å². The van der Waals surface area contributed by atoms with Crippen LogP contribution >= 0.6 is 0 Å². The van der Waals surface area contributed by atoms with Gasteiger partial charge in [-0.2, -0.15) is 0 Å². The zero-order valence-electron chi connectivity index (χ0n) is 23.0. The average molecular weight is 528 g/mol. The van der Waals surface area contributed by atoms with Crippen molar-refractivity contribution >= 4 is 23.9 Å². The standard InChI is InChI=1S/C28H37N3O7/c1-17-12-18(2)14-20(13-17)24(25(34)29-16-23(33)37-7)31(6)26(35)22(30-27(36)38-28(3,4)5)15-19-8-10-21(32)11-9-19/h8-14,22,24,32H,15-16H2,1-7H3,(H,29,34)(H,30,36). The van der Waals surface area contributed by atoms with E-state index in [0.717, 1.165) is 11.1 Å². The van der Waals surface area contributed by atoms with E-state index in [2.05, 4.69) is 15.4 Å². The van der Waals surface area contributed by atoms with Crippen LogP contribution in [0.2, 0.25) is 0 Å². The van der Waals surface area contributed by atoms with E-state index in [1.54, 1.807) is 45.0 Å². The number of benzene rings is 2. The highest BCUT2D eigenvalue weighted by atomic mass is 16.6. The first kappa shape index (κ1) is 30.1. The van der Waals surface area contributed by atoms with Gasteiger partial charge in [0.1, 0.15) is 30.0 Å². The molecular weight excluding hydrogens is 490 g/mol. The van der Waals surface area contributed by atoms with Crippen LogP contribution in [0.4, 0.5) is 4.79 Å². The van der Waals surface area contributed by atoms with Gasteiger partial charge in [-0.05, 0) is 57.9 Å². The maximum atomic E-state index is 13.8. The number of methoxy groups -OCH3 is 1. The summed E-state index contributed by atoms with van der Waals surface area (Å²) in [6.07, 6.45) is -0.715. The number of likely N-dealkylation sites (N-methyl/N-ethyl adjacent to an activating group) is 1. The number of carbonyl (C=O) groups excluding carboxylic acids is 4. The van der Waals surface area contributed by atoms with Crippen molar-refractivity contribution in [1.82, 2.24) is 15.5 Å². The monoisotopic (exact) mass is 527 g/mol. The van der Waals surface area contributed by atoms with Crippen molar-refractivity contribution < 1.29 is 33.8 Å². The number of hydrogen-bond donors (Lipinski definition) is 3. The number of nitrogens with one attached hydrogen (secondary N) is 2. The average Bonchev–Trinajstić information content (AvgIpc) is 2.81. The summed E-state index contributed by atoms with van der Waals surface area (Å²) in [6.45, 7) is 8.50. The second-order valence-electron chi connectivity index (χ2n) is 10.1. The highest BCUT2D eigenvalue weighted by Gasteiger charge is 2.34. The van der Waals surface area contributed by atoms with E-state index >= 15 is 0 Å². The summed E-state index contributed by atoms with van der Waals surface area (Å²) >= 11 is 0. The lowest BCUT2D eigenvalue weighted by atomic mass is 9.98. The van der Waals surface area contributed by atoms with Crippen LogP contribution in [0.15, 0.2) is 42.5 Å². The molecule has 0 saturated carbocycles. The molecule has 3 amide bonds. The minimum Gasteiger partial charge on any atom is -0.508 e. The van der Waals surface area contributed by atoms with Crippen molar-refractivity contribution in [3.63, 3.8) is 0 Å². The Labute approximate surface area is 223 Å². The van der Waals surface area contributed by atoms with E-state index in [1.165, 1.54) is 31.2 Å². The maximum absolute atomic E-state index is 13.8. The Hall–Kier alpha value is -4.08. The minimum atomic E-state index is -1.10. The highest BCUT2D eigenvalue weighted by Crippen LogP contribution is 2.24. The van der Waals surface area contributed by atoms with Gasteiger partial charge in [0.05, 0.1) is 7.11 Å². The fourth-order valence-electron chi connectivity index (χ4n) is 3.94. The van der Waals surface area contributed by atoms with Crippen LogP contribution < -0.4 is 10.6 Å². The van der Waals surface area contributed by atoms with E-state index in [0.29, 0.717) is 11.1 Å². The molecule has 0 heterocycles. The van der Waals surface area contributed by atoms with Crippen molar-refractivity contribution in [1.29, 1.82) is 0 Å². The van der Waals surface area contributed by atoms with Crippen molar-refractivity contribution in [2.45, 2.75) is 58.7 Å². The molecule has 10 nitrogen and oxygen atoms in total. The van der Waals surface area contributed by atoms with Gasteiger partial charge in [0, 0.05) is 13.5 Å². The molecule has 0 radical (unpaired) electrons. The molecule has 2 unspecified atom stereocenters. The van der Waals surface area contributed by atoms with E-state index < -0.39 is 41.6 Å². The van der Waals surface area contributed by atoms with E-state index in [1.807, 2.05) is 19.9 Å². The highest BCUT2D eigenvalue weighted by molar-refractivity contribution is 5.93. The fourth-order valence-corrected chi connectivity index (χ4v) is 3.94. The van der Waals surface area contributed by atoms with Crippen LogP contribution in [0.3, 0.4) is 0 Å². The van der Waals surface area contributed by atoms with Gasteiger partial charge in [-0.3, -0.25) is 14.4 Å². The maximum Gasteiger partial charge on any atom is 0.408 e. The first-order valence-corrected chi connectivity index (χ1v) is 12.2. The van der Waals surface area contributed by atoms with Gasteiger partial charge in [0.25, 0.3) is 0 Å². The number of phenolic OH excluding ortho intramolecular Hbond substituents is 1. The lowest BCUT2D eigenvalue weighted by Gasteiger charge is -2.32. The summed E-state index contributed by atoms with van der Waals surface area (Å²) in [5, 5.41) is 14.8. The predicted octanol–water partition coefficient (Wildman–Crippen LogP) is 2.93. The molecule has 0 bridgehead atoms. The first-order chi connectivity index (χ1) is 17.7. The Balaban J connectivity index is 2.44. The third-order valence-corrected chi connectivity index (χ3v) is 5.54. The number of esters is 1. The Morgan fingerprint density at radius 3 is 2.11 bits per heavy atom. The SMILES string of the molecule is COC(=O)CNC(=O)C(c1cc(C)cc(C)c1)N(C)C(=O)C(Cc1ccc(O)cc1)NC(=O)OC(C)(C)C. The predicted molar refractivity (Wildman–Crippen MR) is 141 cm³/mol. The Bertz CT molecular complexity index is 1140. The summed E-state index contributed by atoms with van der Waals surface area (Å²) in [6, 6.07) is 9.54. The molecule has 38 heavy (non-hydrogen) atoms. The number of hydrogen-bond acceptors (Lipinski definition) is 7. The molecule has 0 aromatic heterocycles. The molecule has 2 rings (SSSR count). The van der Waals surface area contributed by atoms with E-state index in [-0.39, 0.29) is 18.7 Å². The summed E-state index contributed by atoms with van der Waals surface area (Å²) < 4.78 is 9.98. The molecule has 0 aliphatic carbocycles. The summed E-state index contributed by atoms with van der Waals surface area (Å²) in [7, 11) is 2.67. The number of alkyl carbamates (subject to hydrolysis) is 1. The third kappa shape index (κ3) is 9.10. The minimum absolute atomic E-state index is 0.0611. The molecule has 10 heteroatoms. The summed E-state index contributed by atoms with van der Waals surface area (Å²) in [5.74, 6) is -1.72. The van der Waals surface area contributed by atoms with Crippen molar-refractivity contribution in [2.75, 3.05) is 20.7 Å². The van der Waals surface area contributed by atoms with E-state index in [9.17, 15) is 24.3 Å². The van der Waals surface area contributed by atoms with E-state index in [4.69, 9.17) is 4.74 Å². The Morgan fingerprint density at radius 2 is 1.58 bits per heavy atom. The van der Waals surface area contributed by atoms with Gasteiger partial charge in [0.15, 0.2) is 0 Å². The molecule has 2 aromatic carbocycles. The Kier molecular flexibility index (Phi) is 10.3. The number of amides is 3. The number of nitrogens with zero attached hydrogens (tertiary/aromatic N) is 1. The number of ether oxygens (including phenoxy) is 2. The molecule has 0 aliphatic heterocycles. The van der Waals surface area contributed by atoms with Crippen molar-refractivity contribution in [3.8, 4) is 5.75 Å². The molecule has 0 fully saturated rings. The number of rotatable bonds is 9. The molecule has 3 N–H and O–H groups in total. The number of aromatic hydroxyl groups is 1. The quantitative estimate of drug-likeness (QED) is 0.427. The summed E-state index contributed by atoms with van der Waals surface area (Å²) in [5.41, 5.74) is 2.20. The van der Waals surface area contributed by atoms with Crippen LogP contribution in [-0.4, -0.2) is 66.2 Å². The van der Waals surface area contributed by atoms with Gasteiger partial charge in [-0.25, -0.2) is 4.79 Å². The largest absolute Gasteiger partial charge is 0.508 e. The number of carbonyl (C=O) groups is 4. The summed E-state index contributed by atoms with van der Waals surface area (Å²) in [4.78, 5) is 52.7. The van der Waals surface area contributed by atoms with Gasteiger partial charge in [0.2, 0.25) is 11.8 Å². The third-order valence-electron chi connectivity index (χ3n) is 5.54. The van der Waals surface area contributed by atoms with Crippen LogP contribution in [0, 0.1) is 13.8 Å². The topological polar surface area (TPSA) is 134 Å². The van der Waals surface area contributed by atoms with Crippen LogP contribution in [0.5, 0.6) is 5.75 Å². The zero-order chi connectivity index (χ0) is 28.6. The second-order valence-corrected chi connectivity index (χ2v) is 10.1. The van der Waals surface area contributed by atoms with Crippen LogP contribution in [0.25, 0.3) is 0 Å². The second kappa shape index (κ2) is 12.9. The molecule has 206 valence electrons. The molecule has 2 aromatic rings. The van der Waals surface area contributed by atoms with Gasteiger partial charge in [-0.15, -0.1) is 0 Å². The van der Waals surface area contributed by atoms with Gasteiger partial charge in [-0.1, -0.05) is 41.5 Å². The normalized spacial score (nSPS) is 12.6. The van der Waals surface area contributed by atoms with Crippen LogP contribution in [0.1, 0.15) is 49.1 Å². The lowest BCUT2D eigenvalue weighted by molar-refractivity contribution is -0.143. The lowest BCUT2D eigenvalue weighted by Crippen LogP contribution is -2.52. The molecule has 0 spiro atoms. The molecule has 2 atom stereocenters. The molecular formula is C28H37N3O7. The van der Waals surface area contributed by atoms with Crippen molar-refractivity contribution in [2.24, 2.45) is 0 Å². The smallest absolute Gasteiger partial charge is 0.408 e. The molecule has 0 aliphatic rings. The van der Waals surface area contributed by atoms with Crippen molar-refractivity contribution in [3.05, 3.63) is 64.7 Å². The van der Waals surface area contributed by atoms with Gasteiger partial charge < -0.3 is 30.1 Å². The number of phenols is 1. The number of aryl methyl sites for hydroxylation is 2.